The minimum atomic E-state index is 0.667. The number of nitrogens with zero attached hydrogens (tertiary/aromatic N) is 1. The quantitative estimate of drug-likeness (QED) is 0.606. The Hall–Kier alpha value is -0.110. The minimum Gasteiger partial charge on any atom is -0.365 e. The monoisotopic (exact) mass is 157 g/mol. The summed E-state index contributed by atoms with van der Waals surface area (Å²) in [5, 5.41) is 0.667. The third kappa shape index (κ3) is 1.48. The minimum absolute atomic E-state index is 0.667. The number of thioether (sulfide) groups is 1. The first-order valence-electron chi connectivity index (χ1n) is 3.91. The zero-order valence-corrected chi connectivity index (χ0v) is 7.74. The van der Waals surface area contributed by atoms with Crippen molar-refractivity contribution in [1.29, 1.82) is 0 Å². The molecule has 1 aliphatic rings. The first kappa shape index (κ1) is 7.99. The number of rotatable bonds is 2. The molecule has 1 aliphatic heterocycles. The van der Waals surface area contributed by atoms with Crippen LogP contribution in [0, 0.1) is 0 Å². The van der Waals surface area contributed by atoms with Crippen LogP contribution in [0.3, 0.4) is 0 Å². The van der Waals surface area contributed by atoms with E-state index in [4.69, 9.17) is 0 Å². The Kier molecular flexibility index (Phi) is 2.66. The smallest absolute Gasteiger partial charge is 0.0760 e. The van der Waals surface area contributed by atoms with Crippen LogP contribution in [-0.2, 0) is 0 Å². The highest BCUT2D eigenvalue weighted by atomic mass is 32.2. The average molecular weight is 157 g/mol. The van der Waals surface area contributed by atoms with Crippen LogP contribution in [0.1, 0.15) is 27.2 Å². The van der Waals surface area contributed by atoms with Gasteiger partial charge in [0.25, 0.3) is 0 Å². The van der Waals surface area contributed by atoms with Crippen molar-refractivity contribution in [3.63, 3.8) is 0 Å². The Bertz CT molecular complexity index is 142. The molecule has 0 amide bonds. The molecule has 0 saturated heterocycles. The molecule has 0 bridgehead atoms. The first-order chi connectivity index (χ1) is 4.77. The Morgan fingerprint density at radius 1 is 1.60 bits per heavy atom. The van der Waals surface area contributed by atoms with Gasteiger partial charge >= 0.3 is 0 Å². The molecule has 1 atom stereocenters. The highest BCUT2D eigenvalue weighted by molar-refractivity contribution is 8.03. The standard InChI is InChI=1S/C8H15NS/c1-4-8-6-9(5-2)7(3)10-8/h6-7H,4-5H2,1-3H3. The van der Waals surface area contributed by atoms with Crippen LogP contribution in [0.4, 0.5) is 0 Å². The SMILES string of the molecule is CCC1=CN(CC)C(C)S1. The maximum atomic E-state index is 2.38. The van der Waals surface area contributed by atoms with Gasteiger partial charge in [0, 0.05) is 17.6 Å². The van der Waals surface area contributed by atoms with Crippen molar-refractivity contribution in [2.24, 2.45) is 0 Å². The highest BCUT2D eigenvalue weighted by Gasteiger charge is 2.17. The summed E-state index contributed by atoms with van der Waals surface area (Å²) < 4.78 is 0. The molecule has 0 radical (unpaired) electrons. The van der Waals surface area contributed by atoms with Crippen LogP contribution in [0.15, 0.2) is 11.1 Å². The molecule has 1 rings (SSSR count). The van der Waals surface area contributed by atoms with Crippen molar-refractivity contribution < 1.29 is 0 Å². The van der Waals surface area contributed by atoms with Gasteiger partial charge < -0.3 is 4.90 Å². The summed E-state index contributed by atoms with van der Waals surface area (Å²) in [5.74, 6) is 0. The average Bonchev–Trinajstić information content (AvgIpc) is 2.30. The summed E-state index contributed by atoms with van der Waals surface area (Å²) in [5.41, 5.74) is 0. The van der Waals surface area contributed by atoms with Crippen molar-refractivity contribution in [1.82, 2.24) is 4.90 Å². The zero-order chi connectivity index (χ0) is 7.56. The Labute approximate surface area is 67.5 Å². The van der Waals surface area contributed by atoms with E-state index in [1.807, 2.05) is 11.8 Å². The van der Waals surface area contributed by atoms with Gasteiger partial charge in [-0.15, -0.1) is 11.8 Å². The summed E-state index contributed by atoms with van der Waals surface area (Å²) >= 11 is 1.99. The van der Waals surface area contributed by atoms with Crippen LogP contribution in [0.2, 0.25) is 0 Å². The fraction of sp³-hybridized carbons (Fsp3) is 0.750. The summed E-state index contributed by atoms with van der Waals surface area (Å²) in [7, 11) is 0. The molecule has 58 valence electrons. The molecular formula is C8H15NS. The number of allylic oxidation sites excluding steroid dienone is 1. The predicted molar refractivity (Wildman–Crippen MR) is 47.8 cm³/mol. The summed E-state index contributed by atoms with van der Waals surface area (Å²) in [4.78, 5) is 3.90. The number of hydrogen-bond acceptors (Lipinski definition) is 2. The lowest BCUT2D eigenvalue weighted by Crippen LogP contribution is -2.20. The molecule has 0 saturated carbocycles. The summed E-state index contributed by atoms with van der Waals surface area (Å²) in [6.45, 7) is 7.81. The Morgan fingerprint density at radius 2 is 2.30 bits per heavy atom. The van der Waals surface area contributed by atoms with Gasteiger partial charge in [0.1, 0.15) is 0 Å². The van der Waals surface area contributed by atoms with E-state index in [1.165, 1.54) is 11.3 Å². The van der Waals surface area contributed by atoms with Crippen molar-refractivity contribution in [3.05, 3.63) is 11.1 Å². The molecular weight excluding hydrogens is 142 g/mol. The molecule has 2 heteroatoms. The molecule has 0 N–H and O–H groups in total. The van der Waals surface area contributed by atoms with Crippen LogP contribution in [0.5, 0.6) is 0 Å². The van der Waals surface area contributed by atoms with Crippen LogP contribution >= 0.6 is 11.8 Å². The fourth-order valence-electron chi connectivity index (χ4n) is 1.13. The molecule has 0 fully saturated rings. The fourth-order valence-corrected chi connectivity index (χ4v) is 2.28. The summed E-state index contributed by atoms with van der Waals surface area (Å²) in [6.07, 6.45) is 3.47. The van der Waals surface area contributed by atoms with Gasteiger partial charge in [-0.2, -0.15) is 0 Å². The van der Waals surface area contributed by atoms with E-state index in [2.05, 4.69) is 31.9 Å². The molecule has 1 unspecified atom stereocenters. The molecule has 0 aromatic carbocycles. The van der Waals surface area contributed by atoms with E-state index in [9.17, 15) is 0 Å². The Balaban J connectivity index is 2.52. The molecule has 10 heavy (non-hydrogen) atoms. The molecule has 0 spiro atoms. The third-order valence-electron chi connectivity index (χ3n) is 1.81. The third-order valence-corrected chi connectivity index (χ3v) is 3.12. The lowest BCUT2D eigenvalue weighted by molar-refractivity contribution is 0.397. The first-order valence-corrected chi connectivity index (χ1v) is 4.79. The second kappa shape index (κ2) is 3.33. The van der Waals surface area contributed by atoms with Gasteiger partial charge in [-0.05, 0) is 20.3 Å². The van der Waals surface area contributed by atoms with E-state index in [-0.39, 0.29) is 0 Å². The molecule has 1 heterocycles. The van der Waals surface area contributed by atoms with Crippen molar-refractivity contribution in [2.45, 2.75) is 32.6 Å². The van der Waals surface area contributed by atoms with E-state index in [0.717, 1.165) is 6.54 Å². The highest BCUT2D eigenvalue weighted by Crippen LogP contribution is 2.33. The normalized spacial score (nSPS) is 25.3. The second-order valence-electron chi connectivity index (χ2n) is 2.50. The summed E-state index contributed by atoms with van der Waals surface area (Å²) in [6, 6.07) is 0. The molecule has 0 aromatic heterocycles. The van der Waals surface area contributed by atoms with Gasteiger partial charge in [0.15, 0.2) is 0 Å². The molecule has 1 nitrogen and oxygen atoms in total. The van der Waals surface area contributed by atoms with E-state index in [0.29, 0.717) is 5.37 Å². The van der Waals surface area contributed by atoms with Crippen LogP contribution in [-0.4, -0.2) is 16.8 Å². The van der Waals surface area contributed by atoms with Crippen LogP contribution < -0.4 is 0 Å². The molecule has 0 aromatic rings. The van der Waals surface area contributed by atoms with Gasteiger partial charge in [0.05, 0.1) is 5.37 Å². The van der Waals surface area contributed by atoms with E-state index < -0.39 is 0 Å². The van der Waals surface area contributed by atoms with Crippen molar-refractivity contribution in [2.75, 3.05) is 6.54 Å². The van der Waals surface area contributed by atoms with E-state index in [1.54, 1.807) is 0 Å². The largest absolute Gasteiger partial charge is 0.365 e. The van der Waals surface area contributed by atoms with Gasteiger partial charge in [-0.1, -0.05) is 6.92 Å². The lowest BCUT2D eigenvalue weighted by atomic mass is 10.4. The van der Waals surface area contributed by atoms with Gasteiger partial charge in [-0.3, -0.25) is 0 Å². The number of hydrogen-bond donors (Lipinski definition) is 0. The van der Waals surface area contributed by atoms with Gasteiger partial charge in [0.2, 0.25) is 0 Å². The second-order valence-corrected chi connectivity index (χ2v) is 3.94. The van der Waals surface area contributed by atoms with E-state index >= 15 is 0 Å². The lowest BCUT2D eigenvalue weighted by Gasteiger charge is -2.17. The molecule has 0 aliphatic carbocycles. The van der Waals surface area contributed by atoms with Gasteiger partial charge in [-0.25, -0.2) is 0 Å². The topological polar surface area (TPSA) is 3.24 Å². The maximum absolute atomic E-state index is 2.38. The zero-order valence-electron chi connectivity index (χ0n) is 6.92. The maximum Gasteiger partial charge on any atom is 0.0760 e. The van der Waals surface area contributed by atoms with Crippen molar-refractivity contribution >= 4 is 11.8 Å². The van der Waals surface area contributed by atoms with Crippen LogP contribution in [0.25, 0.3) is 0 Å². The Morgan fingerprint density at radius 3 is 2.60 bits per heavy atom. The van der Waals surface area contributed by atoms with Crippen molar-refractivity contribution in [3.8, 4) is 0 Å². The predicted octanol–water partition coefficient (Wildman–Crippen LogP) is 2.65.